The number of nitrogens with zero attached hydrogens (tertiary/aromatic N) is 2. The molecule has 2 aromatic carbocycles. The standard InChI is InChI=1S/C21H26BrN3O4S/c1-16(2)29-20-9-4-3-6-17(20)15-23-21(26)24-10-12-25(13-11-24)30(27,28)19-8-5-7-18(22)14-19/h3-9,14,16H,10-13,15H2,1-2H3,(H,23,26). The first-order valence-corrected chi connectivity index (χ1v) is 12.0. The summed E-state index contributed by atoms with van der Waals surface area (Å²) < 4.78 is 33.6. The summed E-state index contributed by atoms with van der Waals surface area (Å²) in [6, 6.07) is 14.0. The highest BCUT2D eigenvalue weighted by Gasteiger charge is 2.30. The topological polar surface area (TPSA) is 79.0 Å². The Bertz CT molecular complexity index is 989. The SMILES string of the molecule is CC(C)Oc1ccccc1CNC(=O)N1CCN(S(=O)(=O)c2cccc(Br)c2)CC1. The van der Waals surface area contributed by atoms with Crippen LogP contribution >= 0.6 is 15.9 Å². The van der Waals surface area contributed by atoms with Gasteiger partial charge in [0, 0.05) is 42.8 Å². The van der Waals surface area contributed by atoms with Gasteiger partial charge in [0.15, 0.2) is 0 Å². The highest BCUT2D eigenvalue weighted by molar-refractivity contribution is 9.10. The van der Waals surface area contributed by atoms with Gasteiger partial charge in [0.2, 0.25) is 10.0 Å². The van der Waals surface area contributed by atoms with E-state index in [0.29, 0.717) is 24.1 Å². The summed E-state index contributed by atoms with van der Waals surface area (Å²) in [7, 11) is -3.58. The summed E-state index contributed by atoms with van der Waals surface area (Å²) in [6.45, 7) is 5.45. The predicted octanol–water partition coefficient (Wildman–Crippen LogP) is 3.45. The number of carbonyl (C=O) groups is 1. The quantitative estimate of drug-likeness (QED) is 0.665. The summed E-state index contributed by atoms with van der Waals surface area (Å²) in [4.78, 5) is 14.5. The molecule has 30 heavy (non-hydrogen) atoms. The zero-order valence-electron chi connectivity index (χ0n) is 17.0. The molecule has 1 saturated heterocycles. The Morgan fingerprint density at radius 2 is 1.80 bits per heavy atom. The maximum absolute atomic E-state index is 12.8. The lowest BCUT2D eigenvalue weighted by molar-refractivity contribution is 0.171. The van der Waals surface area contributed by atoms with E-state index in [2.05, 4.69) is 21.2 Å². The molecule has 2 amide bonds. The van der Waals surface area contributed by atoms with Gasteiger partial charge in [0.05, 0.1) is 11.0 Å². The summed E-state index contributed by atoms with van der Waals surface area (Å²) in [5.74, 6) is 0.748. The van der Waals surface area contributed by atoms with Crippen LogP contribution in [0.5, 0.6) is 5.75 Å². The van der Waals surface area contributed by atoms with Crippen LogP contribution in [-0.2, 0) is 16.6 Å². The van der Waals surface area contributed by atoms with Crippen LogP contribution in [0.25, 0.3) is 0 Å². The van der Waals surface area contributed by atoms with Crippen molar-refractivity contribution in [1.29, 1.82) is 0 Å². The van der Waals surface area contributed by atoms with E-state index < -0.39 is 10.0 Å². The zero-order valence-corrected chi connectivity index (χ0v) is 19.4. The maximum Gasteiger partial charge on any atom is 0.317 e. The van der Waals surface area contributed by atoms with E-state index in [-0.39, 0.29) is 30.1 Å². The van der Waals surface area contributed by atoms with Crippen LogP contribution in [0.3, 0.4) is 0 Å². The second kappa shape index (κ2) is 9.80. The van der Waals surface area contributed by atoms with Gasteiger partial charge >= 0.3 is 6.03 Å². The van der Waals surface area contributed by atoms with Crippen LogP contribution in [0.2, 0.25) is 0 Å². The number of hydrogen-bond acceptors (Lipinski definition) is 4. The minimum absolute atomic E-state index is 0.0436. The number of urea groups is 1. The van der Waals surface area contributed by atoms with Crippen molar-refractivity contribution in [1.82, 2.24) is 14.5 Å². The molecule has 0 radical (unpaired) electrons. The van der Waals surface area contributed by atoms with E-state index in [0.717, 1.165) is 11.3 Å². The molecule has 1 heterocycles. The lowest BCUT2D eigenvalue weighted by Gasteiger charge is -2.34. The molecule has 0 aliphatic carbocycles. The maximum atomic E-state index is 12.8. The van der Waals surface area contributed by atoms with E-state index in [1.54, 1.807) is 29.2 Å². The molecule has 0 aromatic heterocycles. The Labute approximate surface area is 186 Å². The highest BCUT2D eigenvalue weighted by atomic mass is 79.9. The molecule has 1 N–H and O–H groups in total. The Morgan fingerprint density at radius 3 is 2.47 bits per heavy atom. The number of para-hydroxylation sites is 1. The molecular formula is C21H26BrN3O4S. The highest BCUT2D eigenvalue weighted by Crippen LogP contribution is 2.22. The number of ether oxygens (including phenoxy) is 1. The fourth-order valence-corrected chi connectivity index (χ4v) is 5.23. The van der Waals surface area contributed by atoms with E-state index in [4.69, 9.17) is 4.74 Å². The molecule has 0 bridgehead atoms. The average molecular weight is 496 g/mol. The summed E-state index contributed by atoms with van der Waals surface area (Å²) in [5.41, 5.74) is 0.899. The normalized spacial score (nSPS) is 15.3. The van der Waals surface area contributed by atoms with Crippen LogP contribution in [0.4, 0.5) is 4.79 Å². The van der Waals surface area contributed by atoms with Gasteiger partial charge in [-0.3, -0.25) is 0 Å². The van der Waals surface area contributed by atoms with E-state index in [9.17, 15) is 13.2 Å². The van der Waals surface area contributed by atoms with Crippen LogP contribution in [0.1, 0.15) is 19.4 Å². The molecule has 0 unspecified atom stereocenters. The minimum Gasteiger partial charge on any atom is -0.491 e. The molecule has 0 saturated carbocycles. The first-order valence-electron chi connectivity index (χ1n) is 9.80. The van der Waals surface area contributed by atoms with Gasteiger partial charge in [0.25, 0.3) is 0 Å². The van der Waals surface area contributed by atoms with E-state index >= 15 is 0 Å². The molecule has 0 spiro atoms. The number of rotatable bonds is 6. The first-order chi connectivity index (χ1) is 14.3. The molecule has 9 heteroatoms. The summed E-state index contributed by atoms with van der Waals surface area (Å²) in [5, 5.41) is 2.91. The lowest BCUT2D eigenvalue weighted by atomic mass is 10.2. The van der Waals surface area contributed by atoms with Gasteiger partial charge in [-0.2, -0.15) is 4.31 Å². The van der Waals surface area contributed by atoms with Gasteiger partial charge in [-0.05, 0) is 38.1 Å². The number of piperazine rings is 1. The molecule has 2 aromatic rings. The Hall–Kier alpha value is -2.10. The monoisotopic (exact) mass is 495 g/mol. The third-order valence-corrected chi connectivity index (χ3v) is 7.11. The molecule has 1 aliphatic heterocycles. The van der Waals surface area contributed by atoms with Gasteiger partial charge in [-0.1, -0.05) is 40.2 Å². The van der Waals surface area contributed by atoms with Crippen molar-refractivity contribution in [2.75, 3.05) is 26.2 Å². The largest absolute Gasteiger partial charge is 0.491 e. The number of halogens is 1. The Balaban J connectivity index is 1.56. The number of carbonyl (C=O) groups excluding carboxylic acids is 1. The van der Waals surface area contributed by atoms with Crippen LogP contribution in [0, 0.1) is 0 Å². The van der Waals surface area contributed by atoms with Crippen molar-refractivity contribution in [3.05, 3.63) is 58.6 Å². The molecule has 7 nitrogen and oxygen atoms in total. The number of hydrogen-bond donors (Lipinski definition) is 1. The summed E-state index contributed by atoms with van der Waals surface area (Å²) in [6.07, 6.45) is 0.0436. The van der Waals surface area contributed by atoms with E-state index in [1.165, 1.54) is 4.31 Å². The fraction of sp³-hybridized carbons (Fsp3) is 0.381. The van der Waals surface area contributed by atoms with Crippen LogP contribution in [0.15, 0.2) is 57.9 Å². The average Bonchev–Trinajstić information content (AvgIpc) is 2.72. The predicted molar refractivity (Wildman–Crippen MR) is 119 cm³/mol. The van der Waals surface area contributed by atoms with Crippen molar-refractivity contribution in [3.63, 3.8) is 0 Å². The Morgan fingerprint density at radius 1 is 1.10 bits per heavy atom. The van der Waals surface area contributed by atoms with Crippen molar-refractivity contribution < 1.29 is 17.9 Å². The van der Waals surface area contributed by atoms with Gasteiger partial charge in [-0.15, -0.1) is 0 Å². The lowest BCUT2D eigenvalue weighted by Crippen LogP contribution is -2.52. The number of amides is 2. The summed E-state index contributed by atoms with van der Waals surface area (Å²) >= 11 is 3.31. The third kappa shape index (κ3) is 5.53. The second-order valence-electron chi connectivity index (χ2n) is 7.28. The number of sulfonamides is 1. The Kier molecular flexibility index (Phi) is 7.38. The first kappa shape index (κ1) is 22.6. The van der Waals surface area contributed by atoms with Crippen molar-refractivity contribution >= 4 is 32.0 Å². The van der Waals surface area contributed by atoms with Crippen molar-refractivity contribution in [2.24, 2.45) is 0 Å². The van der Waals surface area contributed by atoms with Crippen LogP contribution in [-0.4, -0.2) is 55.9 Å². The molecule has 162 valence electrons. The molecular weight excluding hydrogens is 470 g/mol. The molecule has 1 aliphatic rings. The fourth-order valence-electron chi connectivity index (χ4n) is 3.21. The van der Waals surface area contributed by atoms with Gasteiger partial charge < -0.3 is 15.0 Å². The number of benzene rings is 2. The van der Waals surface area contributed by atoms with Crippen molar-refractivity contribution in [2.45, 2.75) is 31.4 Å². The smallest absolute Gasteiger partial charge is 0.317 e. The van der Waals surface area contributed by atoms with Gasteiger partial charge in [0.1, 0.15) is 5.75 Å². The second-order valence-corrected chi connectivity index (χ2v) is 10.1. The zero-order chi connectivity index (χ0) is 21.7. The molecule has 0 atom stereocenters. The van der Waals surface area contributed by atoms with Gasteiger partial charge in [-0.25, -0.2) is 13.2 Å². The minimum atomic E-state index is -3.58. The van der Waals surface area contributed by atoms with Crippen LogP contribution < -0.4 is 10.1 Å². The molecule has 1 fully saturated rings. The number of nitrogens with one attached hydrogen (secondary N) is 1. The molecule has 3 rings (SSSR count). The third-order valence-electron chi connectivity index (χ3n) is 4.73. The van der Waals surface area contributed by atoms with Crippen molar-refractivity contribution in [3.8, 4) is 5.75 Å². The van der Waals surface area contributed by atoms with E-state index in [1.807, 2.05) is 38.1 Å².